The number of aliphatic imine (C=N–C) groups is 1. The Bertz CT molecular complexity index is 912. The number of furan rings is 1. The maximum absolute atomic E-state index is 5.33. The molecule has 0 bridgehead atoms. The molecule has 0 radical (unpaired) electrons. The van der Waals surface area contributed by atoms with Crippen molar-refractivity contribution in [2.45, 2.75) is 38.0 Å². The molecule has 1 aliphatic carbocycles. The fourth-order valence-corrected chi connectivity index (χ4v) is 3.73. The van der Waals surface area contributed by atoms with E-state index < -0.39 is 0 Å². The molecule has 0 aliphatic heterocycles. The third-order valence-electron chi connectivity index (χ3n) is 5.51. The monoisotopic (exact) mass is 392 g/mol. The first-order chi connectivity index (χ1) is 14.3. The van der Waals surface area contributed by atoms with E-state index in [1.54, 1.807) is 6.26 Å². The largest absolute Gasteiger partial charge is 0.461 e. The predicted octanol–water partition coefficient (Wildman–Crippen LogP) is 3.28. The molecule has 1 saturated carbocycles. The Hall–Kier alpha value is -3.09. The van der Waals surface area contributed by atoms with Crippen molar-refractivity contribution in [3.05, 3.63) is 60.1 Å². The minimum absolute atomic E-state index is 0.187. The summed E-state index contributed by atoms with van der Waals surface area (Å²) >= 11 is 0. The Morgan fingerprint density at radius 1 is 1.17 bits per heavy atom. The number of nitrogens with zero attached hydrogens (tertiary/aromatic N) is 3. The fraction of sp³-hybridized carbons (Fsp3) is 0.409. The molecule has 0 saturated heterocycles. The molecule has 7 nitrogen and oxygen atoms in total. The summed E-state index contributed by atoms with van der Waals surface area (Å²) in [5, 5.41) is 13.9. The Balaban J connectivity index is 1.34. The Morgan fingerprint density at radius 3 is 2.72 bits per heavy atom. The number of H-pyrrole nitrogens is 1. The van der Waals surface area contributed by atoms with Crippen molar-refractivity contribution in [2.24, 2.45) is 4.99 Å². The molecule has 4 rings (SSSR count). The summed E-state index contributed by atoms with van der Waals surface area (Å²) in [4.78, 5) is 9.38. The van der Waals surface area contributed by atoms with E-state index in [0.29, 0.717) is 11.6 Å². The van der Waals surface area contributed by atoms with Crippen molar-refractivity contribution in [2.75, 3.05) is 19.6 Å². The van der Waals surface area contributed by atoms with Gasteiger partial charge < -0.3 is 15.1 Å². The number of hydrogen-bond acceptors (Lipinski definition) is 4. The highest BCUT2D eigenvalue weighted by atomic mass is 16.3. The van der Waals surface area contributed by atoms with Crippen LogP contribution < -0.4 is 10.6 Å². The molecule has 1 aromatic carbocycles. The minimum atomic E-state index is 0.187. The van der Waals surface area contributed by atoms with Crippen LogP contribution in [0.15, 0.2) is 58.1 Å². The van der Waals surface area contributed by atoms with Crippen molar-refractivity contribution < 1.29 is 4.42 Å². The van der Waals surface area contributed by atoms with Crippen LogP contribution >= 0.6 is 0 Å². The summed E-state index contributed by atoms with van der Waals surface area (Å²) < 4.78 is 5.33. The number of hydrogen-bond donors (Lipinski definition) is 3. The van der Waals surface area contributed by atoms with Gasteiger partial charge in [0.1, 0.15) is 5.82 Å². The standard InChI is InChI=1S/C22H28N6O/c1-2-23-21(25-16-22(12-7-13-22)17-8-4-3-5-9-17)24-14-11-19-26-20(28-27-19)18-10-6-15-29-18/h3-6,8-10,15H,2,7,11-14,16H2,1H3,(H2,23,24,25)(H,26,27,28). The highest BCUT2D eigenvalue weighted by molar-refractivity contribution is 5.79. The molecule has 29 heavy (non-hydrogen) atoms. The number of rotatable bonds is 8. The van der Waals surface area contributed by atoms with Crippen LogP contribution in [0, 0.1) is 0 Å². The number of nitrogens with one attached hydrogen (secondary N) is 3. The van der Waals surface area contributed by atoms with E-state index in [9.17, 15) is 0 Å². The molecule has 7 heteroatoms. The lowest BCUT2D eigenvalue weighted by Crippen LogP contribution is -2.42. The van der Waals surface area contributed by atoms with Crippen molar-refractivity contribution >= 4 is 5.96 Å². The van der Waals surface area contributed by atoms with Gasteiger partial charge in [-0.1, -0.05) is 36.8 Å². The van der Waals surface area contributed by atoms with Crippen LogP contribution in [-0.4, -0.2) is 40.8 Å². The van der Waals surface area contributed by atoms with Crippen molar-refractivity contribution in [1.29, 1.82) is 0 Å². The van der Waals surface area contributed by atoms with Gasteiger partial charge in [0.25, 0.3) is 0 Å². The van der Waals surface area contributed by atoms with Crippen molar-refractivity contribution in [3.8, 4) is 11.6 Å². The molecule has 152 valence electrons. The lowest BCUT2D eigenvalue weighted by atomic mass is 9.64. The first-order valence-corrected chi connectivity index (χ1v) is 10.3. The third kappa shape index (κ3) is 4.50. The number of aromatic nitrogens is 3. The van der Waals surface area contributed by atoms with Crippen molar-refractivity contribution in [3.63, 3.8) is 0 Å². The number of aromatic amines is 1. The summed E-state index contributed by atoms with van der Waals surface area (Å²) in [6.45, 7) is 4.43. The third-order valence-corrected chi connectivity index (χ3v) is 5.51. The smallest absolute Gasteiger partial charge is 0.216 e. The zero-order valence-electron chi connectivity index (χ0n) is 16.8. The van der Waals surface area contributed by atoms with Crippen LogP contribution in [0.1, 0.15) is 37.6 Å². The van der Waals surface area contributed by atoms with E-state index in [4.69, 9.17) is 9.41 Å². The summed E-state index contributed by atoms with van der Waals surface area (Å²) in [5.41, 5.74) is 1.59. The van der Waals surface area contributed by atoms with Crippen molar-refractivity contribution in [1.82, 2.24) is 25.8 Å². The second-order valence-corrected chi connectivity index (χ2v) is 7.45. The van der Waals surface area contributed by atoms with Crippen LogP contribution in [-0.2, 0) is 11.8 Å². The minimum Gasteiger partial charge on any atom is -0.461 e. The van der Waals surface area contributed by atoms with Gasteiger partial charge in [0.2, 0.25) is 5.82 Å². The van der Waals surface area contributed by atoms with E-state index >= 15 is 0 Å². The van der Waals surface area contributed by atoms with Gasteiger partial charge in [0.05, 0.1) is 12.8 Å². The first-order valence-electron chi connectivity index (χ1n) is 10.3. The van der Waals surface area contributed by atoms with Gasteiger partial charge in [-0.25, -0.2) is 4.98 Å². The maximum atomic E-state index is 5.33. The lowest BCUT2D eigenvalue weighted by molar-refractivity contribution is 0.253. The normalized spacial score (nSPS) is 15.7. The Morgan fingerprint density at radius 2 is 2.03 bits per heavy atom. The molecule has 0 spiro atoms. The quantitative estimate of drug-likeness (QED) is 0.404. The van der Waals surface area contributed by atoms with Gasteiger partial charge in [0, 0.05) is 24.9 Å². The highest BCUT2D eigenvalue weighted by Crippen LogP contribution is 2.43. The first kappa shape index (κ1) is 19.2. The lowest BCUT2D eigenvalue weighted by Gasteiger charge is -2.41. The van der Waals surface area contributed by atoms with Crippen LogP contribution in [0.25, 0.3) is 11.6 Å². The molecule has 2 heterocycles. The maximum Gasteiger partial charge on any atom is 0.216 e. The Labute approximate surface area is 171 Å². The van der Waals surface area contributed by atoms with Crippen LogP contribution in [0.2, 0.25) is 0 Å². The van der Waals surface area contributed by atoms with Gasteiger partial charge in [-0.3, -0.25) is 10.1 Å². The molecule has 1 aliphatic rings. The zero-order chi connectivity index (χ0) is 19.9. The van der Waals surface area contributed by atoms with E-state index in [2.05, 4.69) is 63.1 Å². The number of benzene rings is 1. The second kappa shape index (κ2) is 8.94. The summed E-state index contributed by atoms with van der Waals surface area (Å²) in [7, 11) is 0. The second-order valence-electron chi connectivity index (χ2n) is 7.45. The van der Waals surface area contributed by atoms with E-state index in [1.807, 2.05) is 12.1 Å². The molecule has 3 aromatic rings. The highest BCUT2D eigenvalue weighted by Gasteiger charge is 2.38. The SMILES string of the molecule is CCNC(=NCC1(c2ccccc2)CCC1)NCCc1nc(-c2ccco2)n[nH]1. The average Bonchev–Trinajstić information content (AvgIpc) is 3.40. The van der Waals surface area contributed by atoms with Gasteiger partial charge in [-0.2, -0.15) is 5.10 Å². The molecule has 0 amide bonds. The van der Waals surface area contributed by atoms with Gasteiger partial charge in [-0.05, 0) is 37.5 Å². The molecule has 3 N–H and O–H groups in total. The van der Waals surface area contributed by atoms with E-state index in [-0.39, 0.29) is 5.41 Å². The van der Waals surface area contributed by atoms with Crippen LogP contribution in [0.3, 0.4) is 0 Å². The molecule has 0 atom stereocenters. The summed E-state index contributed by atoms with van der Waals surface area (Å²) in [6, 6.07) is 14.5. The summed E-state index contributed by atoms with van der Waals surface area (Å²) in [6.07, 6.45) is 6.03. The van der Waals surface area contributed by atoms with Gasteiger partial charge >= 0.3 is 0 Å². The molecule has 2 aromatic heterocycles. The molecular formula is C22H28N6O. The van der Waals surface area contributed by atoms with E-state index in [0.717, 1.165) is 37.8 Å². The van der Waals surface area contributed by atoms with Gasteiger partial charge in [0.15, 0.2) is 11.7 Å². The number of guanidine groups is 1. The van der Waals surface area contributed by atoms with Crippen LogP contribution in [0.4, 0.5) is 0 Å². The zero-order valence-corrected chi connectivity index (χ0v) is 16.8. The topological polar surface area (TPSA) is 91.1 Å². The predicted molar refractivity (Wildman–Crippen MR) is 114 cm³/mol. The Kier molecular flexibility index (Phi) is 5.93. The summed E-state index contributed by atoms with van der Waals surface area (Å²) in [5.74, 6) is 2.92. The molecule has 1 fully saturated rings. The molecular weight excluding hydrogens is 364 g/mol. The van der Waals surface area contributed by atoms with Crippen LogP contribution in [0.5, 0.6) is 0 Å². The van der Waals surface area contributed by atoms with E-state index in [1.165, 1.54) is 24.8 Å². The van der Waals surface area contributed by atoms with Gasteiger partial charge in [-0.15, -0.1) is 0 Å². The average molecular weight is 393 g/mol. The fourth-order valence-electron chi connectivity index (χ4n) is 3.73. The molecule has 0 unspecified atom stereocenters.